The first-order valence-corrected chi connectivity index (χ1v) is 9.49. The molecule has 0 aliphatic carbocycles. The van der Waals surface area contributed by atoms with Crippen LogP contribution in [0.4, 0.5) is 0 Å². The molecule has 1 aliphatic rings. The highest BCUT2D eigenvalue weighted by molar-refractivity contribution is 6.33. The Kier molecular flexibility index (Phi) is 4.83. The Bertz CT molecular complexity index is 889. The Morgan fingerprint density at radius 3 is 2.69 bits per heavy atom. The van der Waals surface area contributed by atoms with Crippen LogP contribution in [0.2, 0.25) is 5.02 Å². The van der Waals surface area contributed by atoms with Crippen molar-refractivity contribution in [3.8, 4) is 11.3 Å². The first kappa shape index (κ1) is 17.3. The van der Waals surface area contributed by atoms with Crippen LogP contribution in [0.3, 0.4) is 0 Å². The van der Waals surface area contributed by atoms with Gasteiger partial charge in [0, 0.05) is 42.0 Å². The van der Waals surface area contributed by atoms with Gasteiger partial charge in [0.05, 0.1) is 16.9 Å². The van der Waals surface area contributed by atoms with Crippen LogP contribution in [-0.2, 0) is 13.6 Å². The van der Waals surface area contributed by atoms with E-state index >= 15 is 0 Å². The summed E-state index contributed by atoms with van der Waals surface area (Å²) >= 11 is 6.30. The van der Waals surface area contributed by atoms with Gasteiger partial charge in [0.25, 0.3) is 0 Å². The van der Waals surface area contributed by atoms with Gasteiger partial charge in [-0.1, -0.05) is 29.8 Å². The fraction of sp³-hybridized carbons (Fsp3) is 0.400. The molecular weight excluding hydrogens is 346 g/mol. The van der Waals surface area contributed by atoms with Crippen molar-refractivity contribution in [2.24, 2.45) is 7.05 Å². The summed E-state index contributed by atoms with van der Waals surface area (Å²) in [7, 11) is 2.00. The zero-order chi connectivity index (χ0) is 18.1. The lowest BCUT2D eigenvalue weighted by molar-refractivity contribution is 0.203. The Hall–Kier alpha value is -2.11. The van der Waals surface area contributed by atoms with Gasteiger partial charge < -0.3 is 0 Å². The van der Waals surface area contributed by atoms with E-state index in [9.17, 15) is 0 Å². The van der Waals surface area contributed by atoms with Gasteiger partial charge in [-0.15, -0.1) is 0 Å². The normalized spacial score (nSPS) is 16.3. The average molecular weight is 370 g/mol. The summed E-state index contributed by atoms with van der Waals surface area (Å²) in [6.07, 6.45) is 4.28. The molecular formula is C20H24ClN5. The second-order valence-electron chi connectivity index (χ2n) is 7.12. The Morgan fingerprint density at radius 2 is 2.00 bits per heavy atom. The van der Waals surface area contributed by atoms with E-state index in [4.69, 9.17) is 11.6 Å². The van der Waals surface area contributed by atoms with Crippen LogP contribution >= 0.6 is 11.6 Å². The number of halogens is 1. The summed E-state index contributed by atoms with van der Waals surface area (Å²) in [5.74, 6) is 0.532. The maximum absolute atomic E-state index is 6.30. The molecule has 1 saturated heterocycles. The number of benzene rings is 1. The number of piperidine rings is 1. The number of nitrogens with one attached hydrogen (secondary N) is 1. The molecule has 0 saturated carbocycles. The molecule has 0 unspecified atom stereocenters. The maximum atomic E-state index is 6.30. The molecule has 4 rings (SSSR count). The molecule has 3 heterocycles. The number of H-pyrrole nitrogens is 1. The first-order chi connectivity index (χ1) is 12.6. The van der Waals surface area contributed by atoms with Crippen molar-refractivity contribution < 1.29 is 0 Å². The van der Waals surface area contributed by atoms with Gasteiger partial charge in [-0.05, 0) is 45.0 Å². The molecule has 6 heteroatoms. The highest BCUT2D eigenvalue weighted by atomic mass is 35.5. The van der Waals surface area contributed by atoms with Gasteiger partial charge in [-0.3, -0.25) is 14.7 Å². The molecule has 136 valence electrons. The van der Waals surface area contributed by atoms with Gasteiger partial charge in [0.1, 0.15) is 0 Å². The van der Waals surface area contributed by atoms with Crippen LogP contribution in [-0.4, -0.2) is 38.0 Å². The minimum Gasteiger partial charge on any atom is -0.299 e. The SMILES string of the molecule is Cc1c(CN2CCC(c3cc(-c4ccccc4Cl)n[nH]3)CC2)cnn1C. The monoisotopic (exact) mass is 369 g/mol. The van der Waals surface area contributed by atoms with Crippen molar-refractivity contribution in [2.75, 3.05) is 13.1 Å². The molecule has 3 aromatic rings. The van der Waals surface area contributed by atoms with E-state index in [0.717, 1.165) is 48.8 Å². The Labute approximate surface area is 159 Å². The smallest absolute Gasteiger partial charge is 0.0938 e. The summed E-state index contributed by atoms with van der Waals surface area (Å²) in [6, 6.07) is 10.0. The lowest BCUT2D eigenvalue weighted by Gasteiger charge is -2.31. The van der Waals surface area contributed by atoms with Crippen LogP contribution < -0.4 is 0 Å². The third kappa shape index (κ3) is 3.41. The van der Waals surface area contributed by atoms with Crippen molar-refractivity contribution in [1.82, 2.24) is 24.9 Å². The maximum Gasteiger partial charge on any atom is 0.0938 e. The number of hydrogen-bond donors (Lipinski definition) is 1. The standard InChI is InChI=1S/C20H24ClN5/c1-14-16(12-22-25(14)2)13-26-9-7-15(8-10-26)19-11-20(24-23-19)17-5-3-4-6-18(17)21/h3-6,11-12,15H,7-10,13H2,1-2H3,(H,23,24). The van der Waals surface area contributed by atoms with Crippen molar-refractivity contribution in [2.45, 2.75) is 32.2 Å². The molecule has 1 aromatic carbocycles. The minimum absolute atomic E-state index is 0.532. The minimum atomic E-state index is 0.532. The van der Waals surface area contributed by atoms with Gasteiger partial charge in [-0.2, -0.15) is 10.2 Å². The molecule has 0 radical (unpaired) electrons. The third-order valence-electron chi connectivity index (χ3n) is 5.51. The summed E-state index contributed by atoms with van der Waals surface area (Å²) in [5.41, 5.74) is 5.72. The van der Waals surface area contributed by atoms with E-state index < -0.39 is 0 Å². The number of aromatic nitrogens is 4. The molecule has 26 heavy (non-hydrogen) atoms. The molecule has 0 spiro atoms. The number of hydrogen-bond acceptors (Lipinski definition) is 3. The van der Waals surface area contributed by atoms with E-state index in [1.807, 2.05) is 42.2 Å². The molecule has 1 aliphatic heterocycles. The summed E-state index contributed by atoms with van der Waals surface area (Å²) in [5, 5.41) is 12.8. The largest absolute Gasteiger partial charge is 0.299 e. The predicted octanol–water partition coefficient (Wildman–Crippen LogP) is 4.15. The predicted molar refractivity (Wildman–Crippen MR) is 104 cm³/mol. The second kappa shape index (κ2) is 7.25. The molecule has 1 fully saturated rings. The molecule has 5 nitrogen and oxygen atoms in total. The number of likely N-dealkylation sites (tertiary alicyclic amines) is 1. The molecule has 0 atom stereocenters. The Morgan fingerprint density at radius 1 is 1.23 bits per heavy atom. The lowest BCUT2D eigenvalue weighted by Crippen LogP contribution is -2.32. The number of rotatable bonds is 4. The first-order valence-electron chi connectivity index (χ1n) is 9.12. The summed E-state index contributed by atoms with van der Waals surface area (Å²) < 4.78 is 1.95. The Balaban J connectivity index is 1.39. The van der Waals surface area contributed by atoms with E-state index in [0.29, 0.717) is 5.92 Å². The highest BCUT2D eigenvalue weighted by Gasteiger charge is 2.23. The zero-order valence-corrected chi connectivity index (χ0v) is 16.0. The molecule has 1 N–H and O–H groups in total. The van der Waals surface area contributed by atoms with Crippen LogP contribution in [0, 0.1) is 6.92 Å². The van der Waals surface area contributed by atoms with Crippen molar-refractivity contribution in [1.29, 1.82) is 0 Å². The lowest BCUT2D eigenvalue weighted by atomic mass is 9.93. The fourth-order valence-electron chi connectivity index (χ4n) is 3.70. The van der Waals surface area contributed by atoms with Gasteiger partial charge in [0.2, 0.25) is 0 Å². The van der Waals surface area contributed by atoms with E-state index in [1.54, 1.807) is 0 Å². The topological polar surface area (TPSA) is 49.7 Å². The van der Waals surface area contributed by atoms with E-state index in [1.165, 1.54) is 17.0 Å². The van der Waals surface area contributed by atoms with Crippen LogP contribution in [0.15, 0.2) is 36.5 Å². The summed E-state index contributed by atoms with van der Waals surface area (Å²) in [4.78, 5) is 2.52. The second-order valence-corrected chi connectivity index (χ2v) is 7.52. The van der Waals surface area contributed by atoms with E-state index in [2.05, 4.69) is 33.2 Å². The van der Waals surface area contributed by atoms with Gasteiger partial charge in [-0.25, -0.2) is 0 Å². The van der Waals surface area contributed by atoms with Crippen LogP contribution in [0.1, 0.15) is 35.7 Å². The highest BCUT2D eigenvalue weighted by Crippen LogP contribution is 2.32. The summed E-state index contributed by atoms with van der Waals surface area (Å²) in [6.45, 7) is 5.31. The van der Waals surface area contributed by atoms with Crippen molar-refractivity contribution >= 4 is 11.6 Å². The van der Waals surface area contributed by atoms with E-state index in [-0.39, 0.29) is 0 Å². The zero-order valence-electron chi connectivity index (χ0n) is 15.2. The van der Waals surface area contributed by atoms with Crippen molar-refractivity contribution in [3.05, 3.63) is 58.5 Å². The van der Waals surface area contributed by atoms with Crippen molar-refractivity contribution in [3.63, 3.8) is 0 Å². The van der Waals surface area contributed by atoms with Gasteiger partial charge >= 0.3 is 0 Å². The quantitative estimate of drug-likeness (QED) is 0.751. The average Bonchev–Trinajstić information content (AvgIpc) is 3.26. The molecule has 2 aromatic heterocycles. The molecule has 0 amide bonds. The van der Waals surface area contributed by atoms with Crippen LogP contribution in [0.25, 0.3) is 11.3 Å². The molecule has 0 bridgehead atoms. The fourth-order valence-corrected chi connectivity index (χ4v) is 3.93. The van der Waals surface area contributed by atoms with Crippen LogP contribution in [0.5, 0.6) is 0 Å². The third-order valence-corrected chi connectivity index (χ3v) is 5.84. The number of aryl methyl sites for hydroxylation is 1. The van der Waals surface area contributed by atoms with Gasteiger partial charge in [0.15, 0.2) is 0 Å². The number of aromatic amines is 1. The number of nitrogens with zero attached hydrogens (tertiary/aromatic N) is 4.